The number of rotatable bonds is 44. The molecule has 14 nitrogen and oxygen atoms in total. The number of ether oxygens (including phenoxy) is 2. The Hall–Kier alpha value is -2.68. The van der Waals surface area contributed by atoms with Crippen LogP contribution in [0.4, 0.5) is 0 Å². The first-order valence-electron chi connectivity index (χ1n) is 24.0. The fraction of sp³-hybridized carbons (Fsp3) is 0.771. The van der Waals surface area contributed by atoms with E-state index in [1.54, 1.807) is 42.5 Å². The Bertz CT molecular complexity index is 1310. The van der Waals surface area contributed by atoms with Gasteiger partial charge < -0.3 is 40.5 Å². The predicted octanol–water partition coefficient (Wildman–Crippen LogP) is 9.87. The Balaban J connectivity index is 4.58. The Kier molecular flexibility index (Phi) is 40.2. The zero-order valence-corrected chi connectivity index (χ0v) is 39.6. The molecule has 0 saturated carbocycles. The van der Waals surface area contributed by atoms with E-state index in [0.717, 1.165) is 51.4 Å². The van der Waals surface area contributed by atoms with Gasteiger partial charge in [0.25, 0.3) is 0 Å². The summed E-state index contributed by atoms with van der Waals surface area (Å²) in [4.78, 5) is 46.1. The van der Waals surface area contributed by atoms with Crippen molar-refractivity contribution in [2.45, 2.75) is 218 Å². The summed E-state index contributed by atoms with van der Waals surface area (Å²) >= 11 is 0. The zero-order chi connectivity index (χ0) is 46.8. The molecule has 0 aliphatic rings. The molecule has 0 rings (SSSR count). The summed E-state index contributed by atoms with van der Waals surface area (Å²) in [5, 5.41) is 39.4. The van der Waals surface area contributed by atoms with Crippen LogP contribution in [-0.2, 0) is 37.5 Å². The van der Waals surface area contributed by atoms with Crippen molar-refractivity contribution in [2.24, 2.45) is 5.73 Å². The highest BCUT2D eigenvalue weighted by Gasteiger charge is 2.28. The van der Waals surface area contributed by atoms with Crippen molar-refractivity contribution in [3.8, 4) is 0 Å². The number of phosphoric acid groups is 1. The molecule has 0 spiro atoms. The lowest BCUT2D eigenvalue weighted by Crippen LogP contribution is -2.34. The van der Waals surface area contributed by atoms with Gasteiger partial charge in [0.15, 0.2) is 6.10 Å². The maximum atomic E-state index is 12.7. The molecule has 0 radical (unpaired) electrons. The van der Waals surface area contributed by atoms with Crippen LogP contribution >= 0.6 is 7.82 Å². The number of nitrogens with two attached hydrogens (primary N) is 1. The van der Waals surface area contributed by atoms with E-state index in [9.17, 15) is 39.2 Å². The summed E-state index contributed by atoms with van der Waals surface area (Å²) in [5.41, 5.74) is 5.32. The van der Waals surface area contributed by atoms with Crippen LogP contribution in [0.15, 0.2) is 48.6 Å². The number of aliphatic hydroxyl groups is 3. The second-order valence-corrected chi connectivity index (χ2v) is 17.9. The van der Waals surface area contributed by atoms with Gasteiger partial charge in [0.2, 0.25) is 0 Å². The SMILES string of the molecule is CCCCCCCCCCCCCCCCCCCCCC(=O)O[C@H](COC(=O)CCC[C@@H](O)[C@H](O)/C=C/C=C/C=C\C=C\[C@H](O)CCCCC)COP(=O)(O)OC[C@H](N)C(=O)O. The van der Waals surface area contributed by atoms with Crippen LogP contribution in [0.2, 0.25) is 0 Å². The average Bonchev–Trinajstić information content (AvgIpc) is 3.25. The van der Waals surface area contributed by atoms with Gasteiger partial charge in [-0.15, -0.1) is 0 Å². The van der Waals surface area contributed by atoms with Gasteiger partial charge in [-0.2, -0.15) is 0 Å². The minimum Gasteiger partial charge on any atom is -0.480 e. The zero-order valence-electron chi connectivity index (χ0n) is 38.7. The van der Waals surface area contributed by atoms with Gasteiger partial charge in [-0.3, -0.25) is 23.4 Å². The van der Waals surface area contributed by atoms with Crippen LogP contribution in [0.25, 0.3) is 0 Å². The van der Waals surface area contributed by atoms with Crippen LogP contribution in [-0.4, -0.2) is 93.5 Å². The van der Waals surface area contributed by atoms with Crippen molar-refractivity contribution in [3.05, 3.63) is 48.6 Å². The third-order valence-electron chi connectivity index (χ3n) is 10.4. The molecular formula is C48H86NO13P. The normalized spacial score (nSPS) is 15.5. The van der Waals surface area contributed by atoms with Crippen molar-refractivity contribution in [1.29, 1.82) is 0 Å². The Morgan fingerprint density at radius 2 is 1.00 bits per heavy atom. The van der Waals surface area contributed by atoms with Crippen molar-refractivity contribution in [1.82, 2.24) is 0 Å². The maximum absolute atomic E-state index is 12.7. The van der Waals surface area contributed by atoms with E-state index >= 15 is 0 Å². The number of unbranched alkanes of at least 4 members (excludes halogenated alkanes) is 20. The highest BCUT2D eigenvalue weighted by molar-refractivity contribution is 7.47. The number of carboxylic acids is 1. The van der Waals surface area contributed by atoms with E-state index in [-0.39, 0.29) is 25.7 Å². The second kappa shape index (κ2) is 42.0. The molecule has 0 amide bonds. The molecule has 0 bridgehead atoms. The number of carbonyl (C=O) groups is 3. The number of carboxylic acid groups (broad SMARTS) is 1. The molecule has 0 saturated heterocycles. The van der Waals surface area contributed by atoms with Gasteiger partial charge in [-0.25, -0.2) is 4.57 Å². The second-order valence-electron chi connectivity index (χ2n) is 16.5. The molecule has 0 aromatic rings. The number of aliphatic carboxylic acids is 1. The molecule has 7 N–H and O–H groups in total. The van der Waals surface area contributed by atoms with Gasteiger partial charge in [-0.05, 0) is 25.7 Å². The highest BCUT2D eigenvalue weighted by Crippen LogP contribution is 2.43. The monoisotopic (exact) mass is 916 g/mol. The van der Waals surface area contributed by atoms with Gasteiger partial charge in [-0.1, -0.05) is 197 Å². The van der Waals surface area contributed by atoms with E-state index in [0.29, 0.717) is 6.42 Å². The van der Waals surface area contributed by atoms with Crippen molar-refractivity contribution < 1.29 is 62.8 Å². The molecule has 1 unspecified atom stereocenters. The summed E-state index contributed by atoms with van der Waals surface area (Å²) < 4.78 is 32.5. The molecule has 366 valence electrons. The Morgan fingerprint density at radius 3 is 1.52 bits per heavy atom. The van der Waals surface area contributed by atoms with Crippen LogP contribution in [0.1, 0.15) is 187 Å². The number of aliphatic hydroxyl groups excluding tert-OH is 3. The summed E-state index contributed by atoms with van der Waals surface area (Å²) in [5.74, 6) is -2.74. The number of hydrogen-bond donors (Lipinski definition) is 6. The van der Waals surface area contributed by atoms with Crippen LogP contribution in [0, 0.1) is 0 Å². The largest absolute Gasteiger partial charge is 0.480 e. The first kappa shape index (κ1) is 60.3. The molecule has 63 heavy (non-hydrogen) atoms. The first-order valence-corrected chi connectivity index (χ1v) is 25.5. The fourth-order valence-electron chi connectivity index (χ4n) is 6.51. The Morgan fingerprint density at radius 1 is 0.556 bits per heavy atom. The van der Waals surface area contributed by atoms with E-state index < -0.39 is 76.0 Å². The quantitative estimate of drug-likeness (QED) is 0.0145. The van der Waals surface area contributed by atoms with E-state index in [1.807, 2.05) is 0 Å². The van der Waals surface area contributed by atoms with Gasteiger partial charge in [0.1, 0.15) is 12.6 Å². The molecule has 0 aromatic heterocycles. The lowest BCUT2D eigenvalue weighted by molar-refractivity contribution is -0.161. The molecular weight excluding hydrogens is 829 g/mol. The minimum absolute atomic E-state index is 0.0834. The molecule has 0 fully saturated rings. The molecule has 6 atom stereocenters. The third-order valence-corrected chi connectivity index (χ3v) is 11.4. The van der Waals surface area contributed by atoms with Gasteiger partial charge >= 0.3 is 25.7 Å². The van der Waals surface area contributed by atoms with Crippen LogP contribution in [0.3, 0.4) is 0 Å². The number of hydrogen-bond acceptors (Lipinski definition) is 12. The number of allylic oxidation sites excluding steroid dienone is 6. The van der Waals surface area contributed by atoms with Gasteiger partial charge in [0, 0.05) is 12.8 Å². The number of esters is 2. The average molecular weight is 916 g/mol. The molecule has 0 aromatic carbocycles. The summed E-state index contributed by atoms with van der Waals surface area (Å²) in [6.07, 6.45) is 36.8. The van der Waals surface area contributed by atoms with Crippen molar-refractivity contribution in [2.75, 3.05) is 19.8 Å². The number of phosphoric ester groups is 1. The van der Waals surface area contributed by atoms with Crippen LogP contribution < -0.4 is 5.73 Å². The fourth-order valence-corrected chi connectivity index (χ4v) is 7.29. The predicted molar refractivity (Wildman–Crippen MR) is 249 cm³/mol. The smallest absolute Gasteiger partial charge is 0.472 e. The minimum atomic E-state index is -4.80. The summed E-state index contributed by atoms with van der Waals surface area (Å²) in [6, 6.07) is -1.57. The molecule has 0 heterocycles. The number of carbonyl (C=O) groups excluding carboxylic acids is 2. The molecule has 0 aliphatic carbocycles. The lowest BCUT2D eigenvalue weighted by atomic mass is 10.0. The van der Waals surface area contributed by atoms with Crippen molar-refractivity contribution >= 4 is 25.7 Å². The van der Waals surface area contributed by atoms with E-state index in [4.69, 9.17) is 24.8 Å². The maximum Gasteiger partial charge on any atom is 0.472 e. The van der Waals surface area contributed by atoms with E-state index in [2.05, 4.69) is 18.4 Å². The molecule has 0 aliphatic heterocycles. The Labute approximate surface area is 379 Å². The van der Waals surface area contributed by atoms with E-state index in [1.165, 1.54) is 96.0 Å². The summed E-state index contributed by atoms with van der Waals surface area (Å²) in [7, 11) is -4.80. The lowest BCUT2D eigenvalue weighted by Gasteiger charge is -2.20. The first-order chi connectivity index (χ1) is 30.3. The topological polar surface area (TPSA) is 232 Å². The van der Waals surface area contributed by atoms with Gasteiger partial charge in [0.05, 0.1) is 31.5 Å². The summed E-state index contributed by atoms with van der Waals surface area (Å²) in [6.45, 7) is 2.37. The van der Waals surface area contributed by atoms with Crippen LogP contribution in [0.5, 0.6) is 0 Å². The standard InChI is InChI=1S/C48H86NO13P/c1-3-5-7-8-9-10-11-12-13-14-15-16-17-18-19-20-21-26-30-36-47(54)62-42(39-60-63(57,58)61-40-43(49)48(55)56)38-59-46(53)37-31-35-45(52)44(51)34-29-25-23-22-24-28-33-41(50)32-27-6-4-2/h22-25,28-29,33-34,41-45,50-52H,3-21,26-27,30-32,35-40,49H2,1-2H3,(H,55,56)(H,57,58)/b24-22-,25-23+,33-28+,34-29+/t41-,42-,43+,44-,45-/m1/s1. The molecule has 15 heteroatoms. The van der Waals surface area contributed by atoms with Crippen molar-refractivity contribution in [3.63, 3.8) is 0 Å². The third kappa shape index (κ3) is 40.6. The highest BCUT2D eigenvalue weighted by atomic mass is 31.2.